The Kier molecular flexibility index (Phi) is 5.49. The molecule has 1 fully saturated rings. The van der Waals surface area contributed by atoms with Crippen molar-refractivity contribution < 1.29 is 4.90 Å². The van der Waals surface area contributed by atoms with E-state index < -0.39 is 0 Å². The molecule has 1 aromatic carbocycles. The van der Waals surface area contributed by atoms with Crippen LogP contribution in [0.25, 0.3) is 10.9 Å². The summed E-state index contributed by atoms with van der Waals surface area (Å²) < 4.78 is 1.89. The highest BCUT2D eigenvalue weighted by molar-refractivity contribution is 5.83. The number of fused-ring (bicyclic) bond motifs is 1. The minimum Gasteiger partial charge on any atom is -0.322 e. The third-order valence-electron chi connectivity index (χ3n) is 6.17. The third-order valence-corrected chi connectivity index (χ3v) is 6.17. The minimum atomic E-state index is -0.265. The van der Waals surface area contributed by atoms with Gasteiger partial charge < -0.3 is 9.88 Å². The van der Waals surface area contributed by atoms with E-state index in [2.05, 4.69) is 66.4 Å². The molecule has 0 amide bonds. The Bertz CT molecular complexity index is 1100. The quantitative estimate of drug-likeness (QED) is 0.696. The van der Waals surface area contributed by atoms with Gasteiger partial charge in [0.15, 0.2) is 6.04 Å². The van der Waals surface area contributed by atoms with Crippen molar-refractivity contribution >= 4 is 10.9 Å². The maximum absolute atomic E-state index is 13.3. The van der Waals surface area contributed by atoms with Gasteiger partial charge >= 0.3 is 0 Å². The van der Waals surface area contributed by atoms with E-state index in [0.717, 1.165) is 53.8 Å². The normalized spacial score (nSPS) is 17.2. The monoisotopic (exact) mass is 409 g/mol. The molecule has 7 nitrogen and oxygen atoms in total. The molecule has 2 aromatic heterocycles. The molecule has 30 heavy (non-hydrogen) atoms. The average molecular weight is 410 g/mol. The molecule has 3 heterocycles. The van der Waals surface area contributed by atoms with Gasteiger partial charge in [0.1, 0.15) is 0 Å². The largest absolute Gasteiger partial charge is 0.322 e. The molecule has 1 aliphatic rings. The molecule has 7 heteroatoms. The van der Waals surface area contributed by atoms with Gasteiger partial charge in [-0.15, -0.1) is 5.10 Å². The van der Waals surface area contributed by atoms with Crippen LogP contribution in [0.4, 0.5) is 0 Å². The first-order chi connectivity index (χ1) is 14.3. The van der Waals surface area contributed by atoms with Crippen LogP contribution in [0, 0.1) is 13.8 Å². The summed E-state index contributed by atoms with van der Waals surface area (Å²) in [6.45, 7) is 12.5. The van der Waals surface area contributed by atoms with Crippen LogP contribution in [0.1, 0.15) is 75.0 Å². The Hall–Kier alpha value is -2.54. The number of benzene rings is 1. The second kappa shape index (κ2) is 7.95. The van der Waals surface area contributed by atoms with Gasteiger partial charge in [0, 0.05) is 0 Å². The second-order valence-electron chi connectivity index (χ2n) is 9.73. The number of likely N-dealkylation sites (tertiary alicyclic amines) is 1. The summed E-state index contributed by atoms with van der Waals surface area (Å²) in [7, 11) is 0. The molecule has 0 bridgehead atoms. The van der Waals surface area contributed by atoms with Crippen molar-refractivity contribution in [1.29, 1.82) is 0 Å². The molecule has 3 aromatic rings. The van der Waals surface area contributed by atoms with E-state index in [1.807, 2.05) is 11.6 Å². The second-order valence-corrected chi connectivity index (χ2v) is 9.73. The summed E-state index contributed by atoms with van der Waals surface area (Å²) in [6, 6.07) is 6.13. The van der Waals surface area contributed by atoms with Crippen molar-refractivity contribution in [2.75, 3.05) is 13.1 Å². The van der Waals surface area contributed by atoms with Crippen LogP contribution in [0.3, 0.4) is 0 Å². The Morgan fingerprint density at radius 2 is 1.77 bits per heavy atom. The number of hydrogen-bond acceptors (Lipinski definition) is 4. The fourth-order valence-corrected chi connectivity index (χ4v) is 4.78. The van der Waals surface area contributed by atoms with Crippen molar-refractivity contribution in [1.82, 2.24) is 25.2 Å². The zero-order chi connectivity index (χ0) is 21.5. The SMILES string of the molecule is Cc1cc(C)c2[nH]c(=O)c([C@H](c3nnnn3C(C)(C)C)[NH+]3CCCCCC3)cc2c1. The molecule has 1 aliphatic heterocycles. The molecule has 2 N–H and O–H groups in total. The Morgan fingerprint density at radius 3 is 2.43 bits per heavy atom. The van der Waals surface area contributed by atoms with Gasteiger partial charge in [-0.25, -0.2) is 4.68 Å². The maximum atomic E-state index is 13.3. The van der Waals surface area contributed by atoms with Crippen molar-refractivity contribution in [2.45, 2.75) is 71.9 Å². The lowest BCUT2D eigenvalue weighted by molar-refractivity contribution is -0.925. The number of quaternary nitrogens is 1. The van der Waals surface area contributed by atoms with E-state index in [-0.39, 0.29) is 17.1 Å². The fraction of sp³-hybridized carbons (Fsp3) is 0.565. The van der Waals surface area contributed by atoms with Crippen LogP contribution in [0.5, 0.6) is 0 Å². The molecule has 0 radical (unpaired) electrons. The third kappa shape index (κ3) is 3.90. The number of H-pyrrole nitrogens is 1. The molecule has 0 spiro atoms. The van der Waals surface area contributed by atoms with Crippen molar-refractivity contribution in [2.24, 2.45) is 0 Å². The lowest BCUT2D eigenvalue weighted by Crippen LogP contribution is -3.12. The van der Waals surface area contributed by atoms with Gasteiger partial charge in [-0.1, -0.05) is 11.6 Å². The number of nitrogens with one attached hydrogen (secondary N) is 2. The van der Waals surface area contributed by atoms with Crippen LogP contribution in [-0.4, -0.2) is 38.3 Å². The molecule has 1 atom stereocenters. The molecular formula is C23H33N6O+. The van der Waals surface area contributed by atoms with Gasteiger partial charge in [-0.3, -0.25) is 4.79 Å². The first kappa shape index (κ1) is 20.7. The lowest BCUT2D eigenvalue weighted by Gasteiger charge is -2.29. The lowest BCUT2D eigenvalue weighted by atomic mass is 9.99. The summed E-state index contributed by atoms with van der Waals surface area (Å²) in [4.78, 5) is 17.9. The van der Waals surface area contributed by atoms with Crippen molar-refractivity contribution in [3.8, 4) is 0 Å². The van der Waals surface area contributed by atoms with Crippen LogP contribution in [0.2, 0.25) is 0 Å². The van der Waals surface area contributed by atoms with Crippen molar-refractivity contribution in [3.05, 3.63) is 51.1 Å². The molecule has 1 saturated heterocycles. The van der Waals surface area contributed by atoms with Gasteiger partial charge in [0.2, 0.25) is 5.82 Å². The first-order valence-corrected chi connectivity index (χ1v) is 11.0. The molecule has 0 unspecified atom stereocenters. The van der Waals surface area contributed by atoms with Gasteiger partial charge in [0.25, 0.3) is 5.56 Å². The van der Waals surface area contributed by atoms with Gasteiger partial charge in [0.05, 0.1) is 29.7 Å². The summed E-state index contributed by atoms with van der Waals surface area (Å²) in [6.07, 6.45) is 4.80. The van der Waals surface area contributed by atoms with Gasteiger partial charge in [-0.05, 0) is 93.8 Å². The number of hydrogen-bond donors (Lipinski definition) is 2. The number of aromatic amines is 1. The van der Waals surface area contributed by atoms with Crippen LogP contribution in [-0.2, 0) is 5.54 Å². The number of aryl methyl sites for hydroxylation is 2. The van der Waals surface area contributed by atoms with Crippen LogP contribution < -0.4 is 10.5 Å². The molecule has 0 aliphatic carbocycles. The molecule has 4 rings (SSSR count). The highest BCUT2D eigenvalue weighted by Gasteiger charge is 2.36. The summed E-state index contributed by atoms with van der Waals surface area (Å²) in [5.74, 6) is 0.772. The van der Waals surface area contributed by atoms with E-state index in [1.54, 1.807) is 0 Å². The number of pyridine rings is 1. The van der Waals surface area contributed by atoms with Crippen LogP contribution >= 0.6 is 0 Å². The van der Waals surface area contributed by atoms with Gasteiger partial charge in [-0.2, -0.15) is 0 Å². The topological polar surface area (TPSA) is 80.9 Å². The molecule has 0 saturated carbocycles. The summed E-state index contributed by atoms with van der Waals surface area (Å²) in [5.41, 5.74) is 3.64. The van der Waals surface area contributed by atoms with E-state index in [9.17, 15) is 4.79 Å². The highest BCUT2D eigenvalue weighted by atomic mass is 16.1. The number of aromatic nitrogens is 5. The van der Waals surface area contributed by atoms with Crippen LogP contribution in [0.15, 0.2) is 23.0 Å². The smallest absolute Gasteiger partial charge is 0.258 e. The zero-order valence-corrected chi connectivity index (χ0v) is 18.7. The van der Waals surface area contributed by atoms with E-state index in [1.165, 1.54) is 23.3 Å². The molecule has 160 valence electrons. The predicted octanol–water partition coefficient (Wildman–Crippen LogP) is 2.43. The maximum Gasteiger partial charge on any atom is 0.258 e. The Morgan fingerprint density at radius 1 is 1.07 bits per heavy atom. The minimum absolute atomic E-state index is 0.0420. The van der Waals surface area contributed by atoms with Crippen molar-refractivity contribution in [3.63, 3.8) is 0 Å². The summed E-state index contributed by atoms with van der Waals surface area (Å²) >= 11 is 0. The Balaban J connectivity index is 1.93. The fourth-order valence-electron chi connectivity index (χ4n) is 4.78. The molecular weight excluding hydrogens is 376 g/mol. The van der Waals surface area contributed by atoms with E-state index >= 15 is 0 Å². The van der Waals surface area contributed by atoms with E-state index in [0.29, 0.717) is 0 Å². The summed E-state index contributed by atoms with van der Waals surface area (Å²) in [5, 5.41) is 13.8. The van der Waals surface area contributed by atoms with E-state index in [4.69, 9.17) is 0 Å². The average Bonchev–Trinajstić information content (AvgIpc) is 3.00. The zero-order valence-electron chi connectivity index (χ0n) is 18.7. The number of rotatable bonds is 3. The number of tetrazole rings is 1. The standard InChI is InChI=1S/C23H32N6O/c1-15-12-16(2)19-17(13-15)14-18(22(30)24-19)20(28-10-8-6-7-9-11-28)21-25-26-27-29(21)23(3,4)5/h12-14,20H,6-11H2,1-5H3,(H,24,30)/p+1/t20-/m1/s1. The predicted molar refractivity (Wildman–Crippen MR) is 118 cm³/mol. The highest BCUT2D eigenvalue weighted by Crippen LogP contribution is 2.24. The first-order valence-electron chi connectivity index (χ1n) is 11.0. The Labute approximate surface area is 177 Å². The number of nitrogens with zero attached hydrogens (tertiary/aromatic N) is 4.